The molecule has 3 aliphatic rings. The second-order valence-electron chi connectivity index (χ2n) is 6.58. The van der Waals surface area contributed by atoms with Crippen LogP contribution in [-0.4, -0.2) is 17.8 Å². The van der Waals surface area contributed by atoms with Gasteiger partial charge < -0.3 is 4.74 Å². The third-order valence-electron chi connectivity index (χ3n) is 5.38. The van der Waals surface area contributed by atoms with E-state index >= 15 is 0 Å². The third kappa shape index (κ3) is 1.74. The molecular formula is C20H20O2S. The summed E-state index contributed by atoms with van der Waals surface area (Å²) < 4.78 is 5.21. The van der Waals surface area contributed by atoms with Crippen molar-refractivity contribution in [2.75, 3.05) is 6.61 Å². The fraction of sp³-hybridized carbons (Fsp3) is 0.350. The van der Waals surface area contributed by atoms with E-state index in [9.17, 15) is 4.79 Å². The molecule has 1 unspecified atom stereocenters. The molecular weight excluding hydrogens is 304 g/mol. The number of hydrogen-bond donors (Lipinski definition) is 0. The molecule has 0 fully saturated rings. The molecule has 2 heterocycles. The summed E-state index contributed by atoms with van der Waals surface area (Å²) in [5.74, 6) is -0.102. The van der Waals surface area contributed by atoms with Crippen molar-refractivity contribution in [1.82, 2.24) is 0 Å². The van der Waals surface area contributed by atoms with Gasteiger partial charge in [-0.05, 0) is 43.0 Å². The molecule has 23 heavy (non-hydrogen) atoms. The first-order valence-electron chi connectivity index (χ1n) is 8.08. The molecule has 2 bridgehead atoms. The van der Waals surface area contributed by atoms with Crippen LogP contribution in [0.25, 0.3) is 0 Å². The monoisotopic (exact) mass is 324 g/mol. The van der Waals surface area contributed by atoms with Gasteiger partial charge in [0.2, 0.25) is 0 Å². The number of esters is 1. The number of ether oxygens (including phenoxy) is 1. The summed E-state index contributed by atoms with van der Waals surface area (Å²) in [5.41, 5.74) is 4.83. The normalized spacial score (nSPS) is 30.5. The van der Waals surface area contributed by atoms with E-state index in [1.807, 2.05) is 6.92 Å². The van der Waals surface area contributed by atoms with E-state index in [0.29, 0.717) is 6.61 Å². The van der Waals surface area contributed by atoms with Crippen molar-refractivity contribution in [2.24, 2.45) is 0 Å². The maximum absolute atomic E-state index is 12.7. The average Bonchev–Trinajstić information content (AvgIpc) is 2.58. The number of fused-ring (bicyclic) bond motifs is 1. The highest BCUT2D eigenvalue weighted by atomic mass is 32.2. The van der Waals surface area contributed by atoms with Gasteiger partial charge in [-0.1, -0.05) is 48.5 Å². The SMILES string of the molecule is CCOC(=O)C1SC2(C)c3ccccc3C1(C)c1ccccc12. The van der Waals surface area contributed by atoms with Crippen LogP contribution < -0.4 is 0 Å². The second kappa shape index (κ2) is 4.88. The van der Waals surface area contributed by atoms with Crippen molar-refractivity contribution in [3.8, 4) is 0 Å². The maximum Gasteiger partial charge on any atom is 0.320 e. The topological polar surface area (TPSA) is 26.3 Å². The lowest BCUT2D eigenvalue weighted by molar-refractivity contribution is -0.143. The standard InChI is InChI=1S/C20H20O2S/c1-4-22-18(21)17-19(2)13-9-5-7-11-15(13)20(3,23-17)16-12-8-6-10-14(16)19/h5-12,17H,4H2,1-3H3. The van der Waals surface area contributed by atoms with Gasteiger partial charge in [0.05, 0.1) is 11.4 Å². The summed E-state index contributed by atoms with van der Waals surface area (Å²) in [6.45, 7) is 6.72. The Hall–Kier alpha value is -1.74. The molecule has 5 rings (SSSR count). The average molecular weight is 324 g/mol. The summed E-state index contributed by atoms with van der Waals surface area (Å²) in [5, 5.41) is -0.211. The minimum Gasteiger partial charge on any atom is -0.465 e. The van der Waals surface area contributed by atoms with Crippen molar-refractivity contribution in [3.63, 3.8) is 0 Å². The van der Waals surface area contributed by atoms with E-state index in [0.717, 1.165) is 0 Å². The highest BCUT2D eigenvalue weighted by Gasteiger charge is 2.59. The Bertz CT molecular complexity index is 748. The molecule has 0 spiro atoms. The lowest BCUT2D eigenvalue weighted by Gasteiger charge is -2.55. The van der Waals surface area contributed by atoms with Crippen molar-refractivity contribution in [2.45, 2.75) is 36.2 Å². The Morgan fingerprint density at radius 1 is 1.00 bits per heavy atom. The molecule has 1 aliphatic carbocycles. The van der Waals surface area contributed by atoms with Gasteiger partial charge in [-0.3, -0.25) is 4.79 Å². The first kappa shape index (κ1) is 14.8. The summed E-state index contributed by atoms with van der Waals surface area (Å²) in [6.07, 6.45) is 0. The van der Waals surface area contributed by atoms with Crippen LogP contribution >= 0.6 is 11.8 Å². The zero-order valence-corrected chi connectivity index (χ0v) is 14.4. The molecule has 1 atom stereocenters. The predicted octanol–water partition coefficient (Wildman–Crippen LogP) is 4.25. The van der Waals surface area contributed by atoms with E-state index in [4.69, 9.17) is 4.74 Å². The highest BCUT2D eigenvalue weighted by Crippen LogP contribution is 2.64. The highest BCUT2D eigenvalue weighted by molar-refractivity contribution is 8.01. The van der Waals surface area contributed by atoms with Crippen LogP contribution in [0.5, 0.6) is 0 Å². The zero-order valence-electron chi connectivity index (χ0n) is 13.6. The molecule has 0 amide bonds. The van der Waals surface area contributed by atoms with Gasteiger partial charge in [-0.2, -0.15) is 0 Å². The summed E-state index contributed by atoms with van der Waals surface area (Å²) in [6, 6.07) is 17.1. The molecule has 0 N–H and O–H groups in total. The summed E-state index contributed by atoms with van der Waals surface area (Å²) in [7, 11) is 0. The minimum atomic E-state index is -0.345. The molecule has 0 saturated carbocycles. The number of carbonyl (C=O) groups is 1. The Kier molecular flexibility index (Phi) is 3.14. The van der Waals surface area contributed by atoms with Crippen LogP contribution in [0.4, 0.5) is 0 Å². The van der Waals surface area contributed by atoms with Gasteiger partial charge in [-0.15, -0.1) is 11.8 Å². The number of thioether (sulfide) groups is 1. The molecule has 0 saturated heterocycles. The van der Waals surface area contributed by atoms with E-state index in [1.165, 1.54) is 22.3 Å². The van der Waals surface area contributed by atoms with Crippen molar-refractivity contribution in [1.29, 1.82) is 0 Å². The van der Waals surface area contributed by atoms with E-state index < -0.39 is 0 Å². The lowest BCUT2D eigenvalue weighted by Crippen LogP contribution is -2.54. The first-order chi connectivity index (χ1) is 11.0. The van der Waals surface area contributed by atoms with Gasteiger partial charge in [0.25, 0.3) is 0 Å². The van der Waals surface area contributed by atoms with Crippen LogP contribution in [0.3, 0.4) is 0 Å². The van der Waals surface area contributed by atoms with E-state index in [1.54, 1.807) is 11.8 Å². The number of benzene rings is 2. The molecule has 2 aromatic rings. The molecule has 2 nitrogen and oxygen atoms in total. The Morgan fingerprint density at radius 3 is 1.96 bits per heavy atom. The molecule has 118 valence electrons. The summed E-state index contributed by atoms with van der Waals surface area (Å²) >= 11 is 1.74. The lowest BCUT2D eigenvalue weighted by atomic mass is 9.62. The van der Waals surface area contributed by atoms with E-state index in [-0.39, 0.29) is 21.4 Å². The fourth-order valence-corrected chi connectivity index (χ4v) is 5.99. The van der Waals surface area contributed by atoms with Gasteiger partial charge in [0.1, 0.15) is 5.25 Å². The smallest absolute Gasteiger partial charge is 0.320 e. The second-order valence-corrected chi connectivity index (χ2v) is 8.10. The molecule has 3 heteroatoms. The van der Waals surface area contributed by atoms with Crippen molar-refractivity contribution in [3.05, 3.63) is 70.8 Å². The van der Waals surface area contributed by atoms with Gasteiger partial charge in [0, 0.05) is 5.41 Å². The van der Waals surface area contributed by atoms with E-state index in [2.05, 4.69) is 62.4 Å². The fourth-order valence-electron chi connectivity index (χ4n) is 4.26. The van der Waals surface area contributed by atoms with Gasteiger partial charge in [0.15, 0.2) is 0 Å². The Balaban J connectivity index is 2.03. The number of hydrogen-bond acceptors (Lipinski definition) is 3. The zero-order chi connectivity index (χ0) is 16.2. The summed E-state index contributed by atoms with van der Waals surface area (Å²) in [4.78, 5) is 12.7. The quantitative estimate of drug-likeness (QED) is 0.773. The molecule has 0 radical (unpaired) electrons. The largest absolute Gasteiger partial charge is 0.465 e. The van der Waals surface area contributed by atoms with Crippen LogP contribution in [0.1, 0.15) is 43.0 Å². The van der Waals surface area contributed by atoms with Crippen LogP contribution in [0.15, 0.2) is 48.5 Å². The number of carbonyl (C=O) groups excluding carboxylic acids is 1. The number of rotatable bonds is 2. The minimum absolute atomic E-state index is 0.102. The van der Waals surface area contributed by atoms with Crippen molar-refractivity contribution < 1.29 is 9.53 Å². The maximum atomic E-state index is 12.7. The van der Waals surface area contributed by atoms with Crippen LogP contribution in [0, 0.1) is 0 Å². The van der Waals surface area contributed by atoms with Crippen LogP contribution in [-0.2, 0) is 19.7 Å². The van der Waals surface area contributed by atoms with Crippen molar-refractivity contribution >= 4 is 17.7 Å². The Labute approximate surface area is 141 Å². The van der Waals surface area contributed by atoms with Crippen LogP contribution in [0.2, 0.25) is 0 Å². The first-order valence-corrected chi connectivity index (χ1v) is 8.96. The molecule has 0 aromatic heterocycles. The molecule has 2 aliphatic heterocycles. The Morgan fingerprint density at radius 2 is 1.48 bits per heavy atom. The van der Waals surface area contributed by atoms with Gasteiger partial charge in [-0.25, -0.2) is 0 Å². The third-order valence-corrected chi connectivity index (χ3v) is 7.19. The van der Waals surface area contributed by atoms with Gasteiger partial charge >= 0.3 is 5.97 Å². The predicted molar refractivity (Wildman–Crippen MR) is 93.8 cm³/mol. The molecule has 2 aromatic carbocycles.